The number of nitrogens with two attached hydrogens (primary N) is 1. The maximum Gasteiger partial charge on any atom is 0.269 e. The fraction of sp³-hybridized carbons (Fsp3) is 0.455. The lowest BCUT2D eigenvalue weighted by atomic mass is 10.2. The van der Waals surface area contributed by atoms with E-state index in [0.717, 1.165) is 12.1 Å². The van der Waals surface area contributed by atoms with Gasteiger partial charge in [-0.3, -0.25) is 9.78 Å². The van der Waals surface area contributed by atoms with Crippen LogP contribution in [0.5, 0.6) is 0 Å². The molecule has 0 aliphatic heterocycles. The average Bonchev–Trinajstić information content (AvgIpc) is 2.28. The first-order chi connectivity index (χ1) is 7.67. The van der Waals surface area contributed by atoms with E-state index in [0.29, 0.717) is 12.2 Å². The van der Waals surface area contributed by atoms with Crippen molar-refractivity contribution < 1.29 is 4.79 Å². The Hall–Kier alpha value is -1.62. The zero-order valence-corrected chi connectivity index (χ0v) is 9.66. The molecular formula is C11H18N4O. The molecule has 0 bridgehead atoms. The summed E-state index contributed by atoms with van der Waals surface area (Å²) in [5.74, 6) is -0.185. The van der Waals surface area contributed by atoms with E-state index in [2.05, 4.69) is 15.6 Å². The Labute approximate surface area is 95.4 Å². The number of nitrogens with one attached hydrogen (secondary N) is 2. The minimum atomic E-state index is -0.185. The average molecular weight is 222 g/mol. The lowest BCUT2D eigenvalue weighted by Gasteiger charge is -2.14. The zero-order valence-electron chi connectivity index (χ0n) is 9.66. The fourth-order valence-corrected chi connectivity index (χ4v) is 1.38. The van der Waals surface area contributed by atoms with E-state index >= 15 is 0 Å². The van der Waals surface area contributed by atoms with Gasteiger partial charge in [-0.1, -0.05) is 0 Å². The van der Waals surface area contributed by atoms with E-state index < -0.39 is 0 Å². The van der Waals surface area contributed by atoms with Crippen LogP contribution in [-0.4, -0.2) is 30.5 Å². The number of carbonyl (C=O) groups is 1. The predicted molar refractivity (Wildman–Crippen MR) is 64.4 cm³/mol. The van der Waals surface area contributed by atoms with Crippen molar-refractivity contribution in [1.29, 1.82) is 0 Å². The topological polar surface area (TPSA) is 80.0 Å². The second-order valence-corrected chi connectivity index (χ2v) is 3.63. The molecule has 0 saturated carbocycles. The Balaban J connectivity index is 2.70. The van der Waals surface area contributed by atoms with E-state index in [-0.39, 0.29) is 11.9 Å². The molecule has 1 amide bonds. The van der Waals surface area contributed by atoms with Crippen LogP contribution in [0.1, 0.15) is 23.8 Å². The molecule has 0 aliphatic carbocycles. The summed E-state index contributed by atoms with van der Waals surface area (Å²) in [5.41, 5.74) is 6.76. The zero-order chi connectivity index (χ0) is 12.0. The summed E-state index contributed by atoms with van der Waals surface area (Å²) in [6, 6.07) is 3.84. The molecule has 0 radical (unpaired) electrons. The van der Waals surface area contributed by atoms with Gasteiger partial charge < -0.3 is 16.4 Å². The lowest BCUT2D eigenvalue weighted by Crippen LogP contribution is -2.21. The van der Waals surface area contributed by atoms with Gasteiger partial charge in [-0.2, -0.15) is 0 Å². The molecule has 0 aromatic carbocycles. The number of amides is 1. The number of anilines is 1. The molecule has 1 aromatic heterocycles. The van der Waals surface area contributed by atoms with Crippen molar-refractivity contribution in [2.45, 2.75) is 19.4 Å². The normalized spacial score (nSPS) is 11.9. The molecule has 1 rings (SSSR count). The highest BCUT2D eigenvalue weighted by Crippen LogP contribution is 2.10. The Morgan fingerprint density at radius 1 is 1.62 bits per heavy atom. The smallest absolute Gasteiger partial charge is 0.269 e. The third-order valence-corrected chi connectivity index (χ3v) is 2.23. The molecule has 5 heteroatoms. The summed E-state index contributed by atoms with van der Waals surface area (Å²) in [6.45, 7) is 2.69. The van der Waals surface area contributed by atoms with E-state index in [9.17, 15) is 4.79 Å². The highest BCUT2D eigenvalue weighted by atomic mass is 16.1. The van der Waals surface area contributed by atoms with Crippen LogP contribution in [0.15, 0.2) is 18.3 Å². The van der Waals surface area contributed by atoms with E-state index in [4.69, 9.17) is 5.73 Å². The van der Waals surface area contributed by atoms with Crippen molar-refractivity contribution in [2.75, 3.05) is 18.9 Å². The summed E-state index contributed by atoms with van der Waals surface area (Å²) in [7, 11) is 1.58. The fourth-order valence-electron chi connectivity index (χ4n) is 1.38. The standard InChI is InChI=1S/C11H18N4O/c1-8(3-5-12)15-9-4-6-14-10(7-9)11(16)13-2/h4,6-8H,3,5,12H2,1-2H3,(H,13,16)(H,14,15). The monoisotopic (exact) mass is 222 g/mol. The minimum absolute atomic E-state index is 0.185. The molecule has 0 aliphatic rings. The number of hydrogen-bond donors (Lipinski definition) is 3. The molecular weight excluding hydrogens is 204 g/mol. The van der Waals surface area contributed by atoms with Crippen molar-refractivity contribution in [3.63, 3.8) is 0 Å². The number of nitrogens with zero attached hydrogens (tertiary/aromatic N) is 1. The number of pyridine rings is 1. The molecule has 1 unspecified atom stereocenters. The van der Waals surface area contributed by atoms with E-state index in [1.165, 1.54) is 0 Å². The Morgan fingerprint density at radius 2 is 2.38 bits per heavy atom. The van der Waals surface area contributed by atoms with Crippen LogP contribution in [0.3, 0.4) is 0 Å². The number of aromatic nitrogens is 1. The van der Waals surface area contributed by atoms with Crippen LogP contribution in [0.2, 0.25) is 0 Å². The van der Waals surface area contributed by atoms with Crippen LogP contribution in [0.4, 0.5) is 5.69 Å². The summed E-state index contributed by atoms with van der Waals surface area (Å²) in [5, 5.41) is 5.80. The van der Waals surface area contributed by atoms with Gasteiger partial charge >= 0.3 is 0 Å². The van der Waals surface area contributed by atoms with Crippen molar-refractivity contribution in [2.24, 2.45) is 5.73 Å². The highest BCUT2D eigenvalue weighted by Gasteiger charge is 2.06. The predicted octanol–water partition coefficient (Wildman–Crippen LogP) is 0.590. The molecule has 0 spiro atoms. The molecule has 1 heterocycles. The molecule has 0 saturated heterocycles. The van der Waals surface area contributed by atoms with Crippen molar-refractivity contribution >= 4 is 11.6 Å². The van der Waals surface area contributed by atoms with Crippen LogP contribution in [0.25, 0.3) is 0 Å². The maximum atomic E-state index is 11.4. The third-order valence-electron chi connectivity index (χ3n) is 2.23. The second kappa shape index (κ2) is 6.07. The molecule has 1 aromatic rings. The Kier molecular flexibility index (Phi) is 4.72. The number of hydrogen-bond acceptors (Lipinski definition) is 4. The van der Waals surface area contributed by atoms with Gasteiger partial charge in [0.1, 0.15) is 5.69 Å². The van der Waals surface area contributed by atoms with Crippen molar-refractivity contribution in [3.8, 4) is 0 Å². The van der Waals surface area contributed by atoms with Crippen LogP contribution in [0, 0.1) is 0 Å². The first kappa shape index (κ1) is 12.4. The van der Waals surface area contributed by atoms with Crippen LogP contribution < -0.4 is 16.4 Å². The van der Waals surface area contributed by atoms with Gasteiger partial charge in [-0.15, -0.1) is 0 Å². The second-order valence-electron chi connectivity index (χ2n) is 3.63. The minimum Gasteiger partial charge on any atom is -0.382 e. The lowest BCUT2D eigenvalue weighted by molar-refractivity contribution is 0.0958. The summed E-state index contributed by atoms with van der Waals surface area (Å²) in [4.78, 5) is 15.3. The Morgan fingerprint density at radius 3 is 3.00 bits per heavy atom. The van der Waals surface area contributed by atoms with Gasteiger partial charge in [0.15, 0.2) is 0 Å². The molecule has 5 nitrogen and oxygen atoms in total. The van der Waals surface area contributed by atoms with Crippen molar-refractivity contribution in [1.82, 2.24) is 10.3 Å². The number of carbonyl (C=O) groups excluding carboxylic acids is 1. The van der Waals surface area contributed by atoms with Gasteiger partial charge in [-0.25, -0.2) is 0 Å². The molecule has 4 N–H and O–H groups in total. The molecule has 16 heavy (non-hydrogen) atoms. The summed E-state index contributed by atoms with van der Waals surface area (Å²) >= 11 is 0. The van der Waals surface area contributed by atoms with Gasteiger partial charge in [0.2, 0.25) is 0 Å². The number of rotatable bonds is 5. The molecule has 88 valence electrons. The Bertz CT molecular complexity index is 354. The van der Waals surface area contributed by atoms with Gasteiger partial charge in [0.25, 0.3) is 5.91 Å². The van der Waals surface area contributed by atoms with Gasteiger partial charge in [0, 0.05) is 25.0 Å². The summed E-state index contributed by atoms with van der Waals surface area (Å²) < 4.78 is 0. The van der Waals surface area contributed by atoms with Gasteiger partial charge in [0.05, 0.1) is 0 Å². The molecule has 0 fully saturated rings. The SMILES string of the molecule is CNC(=O)c1cc(NC(C)CCN)ccn1. The van der Waals surface area contributed by atoms with Crippen LogP contribution in [-0.2, 0) is 0 Å². The van der Waals surface area contributed by atoms with E-state index in [1.54, 1.807) is 19.3 Å². The third kappa shape index (κ3) is 3.51. The largest absolute Gasteiger partial charge is 0.382 e. The van der Waals surface area contributed by atoms with Crippen LogP contribution >= 0.6 is 0 Å². The maximum absolute atomic E-state index is 11.4. The van der Waals surface area contributed by atoms with E-state index in [1.807, 2.05) is 13.0 Å². The summed E-state index contributed by atoms with van der Waals surface area (Å²) in [6.07, 6.45) is 2.50. The highest BCUT2D eigenvalue weighted by molar-refractivity contribution is 5.92. The van der Waals surface area contributed by atoms with Gasteiger partial charge in [-0.05, 0) is 32.0 Å². The van der Waals surface area contributed by atoms with Crippen molar-refractivity contribution in [3.05, 3.63) is 24.0 Å². The molecule has 1 atom stereocenters. The quantitative estimate of drug-likeness (QED) is 0.681. The first-order valence-corrected chi connectivity index (χ1v) is 5.32. The first-order valence-electron chi connectivity index (χ1n) is 5.32.